The van der Waals surface area contributed by atoms with Crippen LogP contribution in [0.5, 0.6) is 11.5 Å². The SMILES string of the molecule is CN(CC1COc2ccccc2O1)C(=O)CSc1ccc2c(c1)CCC2. The van der Waals surface area contributed by atoms with E-state index in [1.54, 1.807) is 16.7 Å². The molecule has 0 aromatic heterocycles. The first-order valence-electron chi connectivity index (χ1n) is 9.06. The number of carbonyl (C=O) groups excluding carboxylic acids is 1. The maximum atomic E-state index is 12.5. The van der Waals surface area contributed by atoms with Gasteiger partial charge in [-0.1, -0.05) is 18.2 Å². The molecule has 136 valence electrons. The minimum atomic E-state index is -0.135. The third-order valence-electron chi connectivity index (χ3n) is 4.90. The number of para-hydroxylation sites is 2. The Kier molecular flexibility index (Phi) is 5.07. The number of nitrogens with zero attached hydrogens (tertiary/aromatic N) is 1. The van der Waals surface area contributed by atoms with Crippen molar-refractivity contribution in [3.05, 3.63) is 53.6 Å². The van der Waals surface area contributed by atoms with Crippen LogP contribution in [-0.2, 0) is 17.6 Å². The second-order valence-corrected chi connectivity index (χ2v) is 7.89. The highest BCUT2D eigenvalue weighted by Crippen LogP contribution is 2.31. The maximum absolute atomic E-state index is 12.5. The fourth-order valence-electron chi connectivity index (χ4n) is 3.45. The molecule has 0 spiro atoms. The van der Waals surface area contributed by atoms with Crippen molar-refractivity contribution < 1.29 is 14.3 Å². The molecular formula is C21H23NO3S. The van der Waals surface area contributed by atoms with Gasteiger partial charge in [0.2, 0.25) is 5.91 Å². The lowest BCUT2D eigenvalue weighted by Gasteiger charge is -2.29. The first kappa shape index (κ1) is 17.3. The Labute approximate surface area is 158 Å². The second kappa shape index (κ2) is 7.62. The highest BCUT2D eigenvalue weighted by atomic mass is 32.2. The summed E-state index contributed by atoms with van der Waals surface area (Å²) in [7, 11) is 1.83. The first-order chi connectivity index (χ1) is 12.7. The van der Waals surface area contributed by atoms with Crippen LogP contribution >= 0.6 is 11.8 Å². The Morgan fingerprint density at radius 3 is 2.85 bits per heavy atom. The zero-order chi connectivity index (χ0) is 17.9. The van der Waals surface area contributed by atoms with Crippen LogP contribution in [0.1, 0.15) is 17.5 Å². The quantitative estimate of drug-likeness (QED) is 0.756. The number of amides is 1. The number of ether oxygens (including phenoxy) is 2. The van der Waals surface area contributed by atoms with Crippen molar-refractivity contribution in [3.8, 4) is 11.5 Å². The van der Waals surface area contributed by atoms with Crippen molar-refractivity contribution in [1.29, 1.82) is 0 Å². The number of aryl methyl sites for hydroxylation is 2. The van der Waals surface area contributed by atoms with Gasteiger partial charge in [-0.2, -0.15) is 0 Å². The molecule has 1 unspecified atom stereocenters. The molecule has 1 amide bonds. The minimum Gasteiger partial charge on any atom is -0.486 e. The Morgan fingerprint density at radius 1 is 1.15 bits per heavy atom. The van der Waals surface area contributed by atoms with Gasteiger partial charge in [-0.3, -0.25) is 4.79 Å². The smallest absolute Gasteiger partial charge is 0.232 e. The molecule has 5 heteroatoms. The van der Waals surface area contributed by atoms with Crippen molar-refractivity contribution in [3.63, 3.8) is 0 Å². The Hall–Kier alpha value is -2.14. The highest BCUT2D eigenvalue weighted by molar-refractivity contribution is 8.00. The third kappa shape index (κ3) is 3.83. The van der Waals surface area contributed by atoms with Gasteiger partial charge in [0.1, 0.15) is 6.61 Å². The molecule has 26 heavy (non-hydrogen) atoms. The van der Waals surface area contributed by atoms with Gasteiger partial charge in [0.05, 0.1) is 12.3 Å². The Balaban J connectivity index is 1.28. The molecule has 2 aromatic rings. The molecule has 2 aliphatic rings. The van der Waals surface area contributed by atoms with Crippen LogP contribution in [0.15, 0.2) is 47.4 Å². The fourth-order valence-corrected chi connectivity index (χ4v) is 4.35. The van der Waals surface area contributed by atoms with Crippen molar-refractivity contribution in [2.24, 2.45) is 0 Å². The van der Waals surface area contributed by atoms with Gasteiger partial charge in [-0.25, -0.2) is 0 Å². The summed E-state index contributed by atoms with van der Waals surface area (Å²) in [6, 6.07) is 14.2. The predicted molar refractivity (Wildman–Crippen MR) is 103 cm³/mol. The normalized spacial score (nSPS) is 17.7. The summed E-state index contributed by atoms with van der Waals surface area (Å²) in [4.78, 5) is 15.4. The Bertz CT molecular complexity index is 808. The zero-order valence-corrected chi connectivity index (χ0v) is 15.8. The monoisotopic (exact) mass is 369 g/mol. The molecule has 0 N–H and O–H groups in total. The van der Waals surface area contributed by atoms with Gasteiger partial charge in [0.25, 0.3) is 0 Å². The van der Waals surface area contributed by atoms with E-state index in [1.165, 1.54) is 28.9 Å². The van der Waals surface area contributed by atoms with Crippen LogP contribution in [0.25, 0.3) is 0 Å². The van der Waals surface area contributed by atoms with Crippen LogP contribution in [0.4, 0.5) is 0 Å². The number of likely N-dealkylation sites (N-methyl/N-ethyl adjacent to an activating group) is 1. The zero-order valence-electron chi connectivity index (χ0n) is 14.9. The summed E-state index contributed by atoms with van der Waals surface area (Å²) in [6.07, 6.45) is 3.47. The van der Waals surface area contributed by atoms with Gasteiger partial charge >= 0.3 is 0 Å². The summed E-state index contributed by atoms with van der Waals surface area (Å²) in [5.41, 5.74) is 2.91. The minimum absolute atomic E-state index is 0.109. The van der Waals surface area contributed by atoms with Crippen LogP contribution in [0, 0.1) is 0 Å². The lowest BCUT2D eigenvalue weighted by Crippen LogP contribution is -2.42. The molecule has 0 bridgehead atoms. The van der Waals surface area contributed by atoms with Gasteiger partial charge in [0, 0.05) is 11.9 Å². The number of hydrogen-bond donors (Lipinski definition) is 0. The molecule has 1 aliphatic carbocycles. The van der Waals surface area contributed by atoms with E-state index in [0.717, 1.165) is 17.9 Å². The molecule has 0 radical (unpaired) electrons. The van der Waals surface area contributed by atoms with Crippen LogP contribution in [0.2, 0.25) is 0 Å². The number of thioether (sulfide) groups is 1. The largest absolute Gasteiger partial charge is 0.486 e. The van der Waals surface area contributed by atoms with Crippen LogP contribution in [-0.4, -0.2) is 42.9 Å². The van der Waals surface area contributed by atoms with Gasteiger partial charge in [0.15, 0.2) is 17.6 Å². The number of fused-ring (bicyclic) bond motifs is 2. The number of carbonyl (C=O) groups is 1. The lowest BCUT2D eigenvalue weighted by molar-refractivity contribution is -0.128. The average molecular weight is 369 g/mol. The summed E-state index contributed by atoms with van der Waals surface area (Å²) in [5.74, 6) is 2.07. The van der Waals surface area contributed by atoms with E-state index in [0.29, 0.717) is 18.9 Å². The van der Waals surface area contributed by atoms with E-state index in [1.807, 2.05) is 31.3 Å². The average Bonchev–Trinajstić information content (AvgIpc) is 3.13. The molecule has 2 aromatic carbocycles. The fraction of sp³-hybridized carbons (Fsp3) is 0.381. The number of hydrogen-bond acceptors (Lipinski definition) is 4. The first-order valence-corrected chi connectivity index (χ1v) is 10.0. The van der Waals surface area contributed by atoms with Gasteiger partial charge in [-0.15, -0.1) is 11.8 Å². The summed E-state index contributed by atoms with van der Waals surface area (Å²) in [6.45, 7) is 0.991. The van der Waals surface area contributed by atoms with Crippen LogP contribution in [0.3, 0.4) is 0 Å². The topological polar surface area (TPSA) is 38.8 Å². The van der Waals surface area contributed by atoms with Crippen molar-refractivity contribution >= 4 is 17.7 Å². The van der Waals surface area contributed by atoms with Gasteiger partial charge in [-0.05, 0) is 54.7 Å². The second-order valence-electron chi connectivity index (χ2n) is 6.84. The van der Waals surface area contributed by atoms with Crippen molar-refractivity contribution in [2.75, 3.05) is 26.0 Å². The predicted octanol–water partition coefficient (Wildman–Crippen LogP) is 3.57. The molecular weight excluding hydrogens is 346 g/mol. The molecule has 1 atom stereocenters. The summed E-state index contributed by atoms with van der Waals surface area (Å²) < 4.78 is 11.7. The number of rotatable bonds is 5. The van der Waals surface area contributed by atoms with Crippen LogP contribution < -0.4 is 9.47 Å². The van der Waals surface area contributed by atoms with E-state index in [9.17, 15) is 4.79 Å². The molecule has 4 rings (SSSR count). The van der Waals surface area contributed by atoms with E-state index in [-0.39, 0.29) is 12.0 Å². The van der Waals surface area contributed by atoms with Crippen molar-refractivity contribution in [2.45, 2.75) is 30.3 Å². The molecule has 1 heterocycles. The molecule has 0 fully saturated rings. The Morgan fingerprint density at radius 2 is 1.96 bits per heavy atom. The van der Waals surface area contributed by atoms with E-state index in [4.69, 9.17) is 9.47 Å². The molecule has 1 aliphatic heterocycles. The molecule has 0 saturated heterocycles. The molecule has 0 saturated carbocycles. The van der Waals surface area contributed by atoms with E-state index < -0.39 is 0 Å². The summed E-state index contributed by atoms with van der Waals surface area (Å²) >= 11 is 1.61. The van der Waals surface area contributed by atoms with E-state index in [2.05, 4.69) is 18.2 Å². The molecule has 4 nitrogen and oxygen atoms in total. The number of benzene rings is 2. The standard InChI is InChI=1S/C21H23NO3S/c1-22(12-17-13-24-19-7-2-3-8-20(19)25-17)21(23)14-26-18-10-9-15-5-4-6-16(15)11-18/h2-3,7-11,17H,4-6,12-14H2,1H3. The highest BCUT2D eigenvalue weighted by Gasteiger charge is 2.23. The van der Waals surface area contributed by atoms with Gasteiger partial charge < -0.3 is 14.4 Å². The lowest BCUT2D eigenvalue weighted by atomic mass is 10.1. The maximum Gasteiger partial charge on any atom is 0.232 e. The third-order valence-corrected chi connectivity index (χ3v) is 5.88. The van der Waals surface area contributed by atoms with Crippen molar-refractivity contribution in [1.82, 2.24) is 4.90 Å². The van der Waals surface area contributed by atoms with E-state index >= 15 is 0 Å². The summed E-state index contributed by atoms with van der Waals surface area (Å²) in [5, 5.41) is 0.